The summed E-state index contributed by atoms with van der Waals surface area (Å²) in [5.41, 5.74) is 13.0. The van der Waals surface area contributed by atoms with Crippen molar-refractivity contribution >= 4 is 38.3 Å². The summed E-state index contributed by atoms with van der Waals surface area (Å²) >= 11 is 0. The largest absolute Gasteiger partial charge is 0.444 e. The molecule has 0 saturated carbocycles. The van der Waals surface area contributed by atoms with Crippen LogP contribution in [0.15, 0.2) is 90.0 Å². The normalized spacial score (nSPS) is 13.9. The van der Waals surface area contributed by atoms with E-state index in [-0.39, 0.29) is 11.8 Å². The van der Waals surface area contributed by atoms with Crippen LogP contribution < -0.4 is 5.73 Å². The van der Waals surface area contributed by atoms with Crippen LogP contribution in [0.4, 0.5) is 4.79 Å². The van der Waals surface area contributed by atoms with Gasteiger partial charge in [-0.25, -0.2) is 17.9 Å². The number of rotatable bonds is 7. The van der Waals surface area contributed by atoms with Crippen LogP contribution in [0.2, 0.25) is 0 Å². The van der Waals surface area contributed by atoms with Crippen molar-refractivity contribution in [3.63, 3.8) is 0 Å². The summed E-state index contributed by atoms with van der Waals surface area (Å²) < 4.78 is 33.3. The lowest BCUT2D eigenvalue weighted by atomic mass is 9.99. The Hall–Kier alpha value is -5.16. The van der Waals surface area contributed by atoms with E-state index in [9.17, 15) is 18.0 Å². The molecule has 6 rings (SSSR count). The molecule has 0 aliphatic carbocycles. The van der Waals surface area contributed by atoms with Gasteiger partial charge in [-0.05, 0) is 92.8 Å². The summed E-state index contributed by atoms with van der Waals surface area (Å²) in [6, 6.07) is 23.0. The molecule has 11 heteroatoms. The van der Waals surface area contributed by atoms with Crippen molar-refractivity contribution < 1.29 is 22.7 Å². The summed E-state index contributed by atoms with van der Waals surface area (Å²) in [6.45, 7) is 9.08. The van der Waals surface area contributed by atoms with Crippen molar-refractivity contribution in [2.24, 2.45) is 5.73 Å². The lowest BCUT2D eigenvalue weighted by Crippen LogP contribution is -2.39. The number of carbonyl (C=O) groups excluding carboxylic acids is 2. The lowest BCUT2D eigenvalue weighted by Gasteiger charge is -2.29. The van der Waals surface area contributed by atoms with Crippen molar-refractivity contribution in [3.05, 3.63) is 108 Å². The van der Waals surface area contributed by atoms with Gasteiger partial charge in [0.1, 0.15) is 5.60 Å². The highest BCUT2D eigenvalue weighted by Gasteiger charge is 2.25. The molecule has 248 valence electrons. The molecule has 0 radical (unpaired) electrons. The van der Waals surface area contributed by atoms with Crippen LogP contribution in [0.5, 0.6) is 0 Å². The number of ether oxygens (including phenoxy) is 1. The molecule has 48 heavy (non-hydrogen) atoms. The molecule has 0 spiro atoms. The lowest BCUT2D eigenvalue weighted by molar-refractivity contribution is 0.0270. The van der Waals surface area contributed by atoms with E-state index < -0.39 is 21.3 Å². The van der Waals surface area contributed by atoms with Gasteiger partial charge in [-0.2, -0.15) is 5.10 Å². The standard InChI is InChI=1S/C37H39N5O5S/c1-24-20-33(35(38)43)39-42(24)29-12-15-34-31(21-29)32(28-16-18-40(19-17-28)36(44)47-37(2,3)4)23-41(34)22-25-6-8-26(9-7-25)27-10-13-30(14-11-27)48(5,45)46/h6-16,20-21,23H,17-19,22H2,1-5H3,(H2,38,43). The maximum atomic E-state index is 12.7. The number of hydrogen-bond donors (Lipinski definition) is 1. The van der Waals surface area contributed by atoms with E-state index >= 15 is 0 Å². The molecule has 0 unspecified atom stereocenters. The van der Waals surface area contributed by atoms with Gasteiger partial charge < -0.3 is 19.9 Å². The van der Waals surface area contributed by atoms with Gasteiger partial charge in [-0.15, -0.1) is 0 Å². The third-order valence-corrected chi connectivity index (χ3v) is 9.51. The summed E-state index contributed by atoms with van der Waals surface area (Å²) in [4.78, 5) is 26.6. The molecule has 10 nitrogen and oxygen atoms in total. The van der Waals surface area contributed by atoms with E-state index in [0.717, 1.165) is 50.1 Å². The van der Waals surface area contributed by atoms with Gasteiger partial charge in [0, 0.05) is 54.2 Å². The first kappa shape index (κ1) is 32.8. The Morgan fingerprint density at radius 3 is 2.19 bits per heavy atom. The number of amides is 2. The van der Waals surface area contributed by atoms with Crippen molar-refractivity contribution in [1.29, 1.82) is 0 Å². The molecule has 2 N–H and O–H groups in total. The Bertz CT molecular complexity index is 2170. The van der Waals surface area contributed by atoms with Crippen molar-refractivity contribution in [1.82, 2.24) is 19.2 Å². The fourth-order valence-corrected chi connectivity index (χ4v) is 6.59. The molecule has 2 amide bonds. The molecule has 0 atom stereocenters. The van der Waals surface area contributed by atoms with E-state index in [4.69, 9.17) is 10.5 Å². The first-order valence-electron chi connectivity index (χ1n) is 15.7. The van der Waals surface area contributed by atoms with Crippen LogP contribution >= 0.6 is 0 Å². The topological polar surface area (TPSA) is 130 Å². The summed E-state index contributed by atoms with van der Waals surface area (Å²) in [7, 11) is -3.26. The van der Waals surface area contributed by atoms with Crippen LogP contribution in [0.1, 0.15) is 54.5 Å². The fraction of sp³-hybridized carbons (Fsp3) is 0.270. The average molecular weight is 666 g/mol. The molecule has 0 fully saturated rings. The molecular formula is C37H39N5O5S. The highest BCUT2D eigenvalue weighted by Crippen LogP contribution is 2.34. The van der Waals surface area contributed by atoms with Crippen LogP contribution in [0.3, 0.4) is 0 Å². The zero-order chi connectivity index (χ0) is 34.4. The number of sulfone groups is 1. The minimum Gasteiger partial charge on any atom is -0.444 e. The Labute approximate surface area is 280 Å². The van der Waals surface area contributed by atoms with E-state index in [1.165, 1.54) is 6.26 Å². The first-order valence-corrected chi connectivity index (χ1v) is 17.6. The number of hydrogen-bond acceptors (Lipinski definition) is 6. The minimum atomic E-state index is -3.26. The van der Waals surface area contributed by atoms with E-state index in [0.29, 0.717) is 31.0 Å². The molecule has 2 aromatic heterocycles. The molecule has 0 saturated heterocycles. The molecule has 3 heterocycles. The smallest absolute Gasteiger partial charge is 0.410 e. The summed E-state index contributed by atoms with van der Waals surface area (Å²) in [5.74, 6) is -0.580. The monoisotopic (exact) mass is 665 g/mol. The highest BCUT2D eigenvalue weighted by atomic mass is 32.2. The van der Waals surface area contributed by atoms with E-state index in [1.807, 2.05) is 58.0 Å². The van der Waals surface area contributed by atoms with Gasteiger partial charge >= 0.3 is 6.09 Å². The van der Waals surface area contributed by atoms with Gasteiger partial charge in [0.25, 0.3) is 5.91 Å². The molecule has 1 aliphatic heterocycles. The van der Waals surface area contributed by atoms with Crippen LogP contribution in [-0.4, -0.2) is 64.6 Å². The molecule has 1 aliphatic rings. The molecular weight excluding hydrogens is 627 g/mol. The quantitative estimate of drug-likeness (QED) is 0.215. The van der Waals surface area contributed by atoms with Crippen molar-refractivity contribution in [3.8, 4) is 16.8 Å². The molecule has 3 aromatic carbocycles. The third-order valence-electron chi connectivity index (χ3n) is 8.38. The molecule has 5 aromatic rings. The maximum absolute atomic E-state index is 12.7. The Morgan fingerprint density at radius 2 is 1.62 bits per heavy atom. The number of carbonyl (C=O) groups is 2. The summed E-state index contributed by atoms with van der Waals surface area (Å²) in [6.07, 6.45) is 5.80. The Morgan fingerprint density at radius 1 is 0.958 bits per heavy atom. The number of aromatic nitrogens is 3. The van der Waals surface area contributed by atoms with E-state index in [2.05, 4.69) is 46.2 Å². The van der Waals surface area contributed by atoms with Crippen LogP contribution in [-0.2, 0) is 21.1 Å². The zero-order valence-corrected chi connectivity index (χ0v) is 28.5. The second kappa shape index (κ2) is 12.5. The number of primary amides is 1. The summed E-state index contributed by atoms with van der Waals surface area (Å²) in [5, 5.41) is 5.47. The van der Waals surface area contributed by atoms with Gasteiger partial charge in [0.2, 0.25) is 0 Å². The second-order valence-electron chi connectivity index (χ2n) is 13.2. The molecule has 0 bridgehead atoms. The van der Waals surface area contributed by atoms with Gasteiger partial charge in [0.05, 0.1) is 10.6 Å². The van der Waals surface area contributed by atoms with Gasteiger partial charge in [-0.1, -0.05) is 42.5 Å². The second-order valence-corrected chi connectivity index (χ2v) is 15.2. The Balaban J connectivity index is 1.34. The van der Waals surface area contributed by atoms with Crippen LogP contribution in [0, 0.1) is 6.92 Å². The SMILES string of the molecule is Cc1cc(C(N)=O)nn1-c1ccc2c(c1)c(C1=CCN(C(=O)OC(C)(C)C)CC1)cn2Cc1ccc(-c2ccc(S(C)(=O)=O)cc2)cc1. The van der Waals surface area contributed by atoms with Crippen molar-refractivity contribution in [2.45, 2.75) is 51.2 Å². The van der Waals surface area contributed by atoms with Crippen LogP contribution in [0.25, 0.3) is 33.3 Å². The Kier molecular flexibility index (Phi) is 8.51. The van der Waals surface area contributed by atoms with Gasteiger partial charge in [-0.3, -0.25) is 4.79 Å². The first-order chi connectivity index (χ1) is 22.7. The number of aryl methyl sites for hydroxylation is 1. The highest BCUT2D eigenvalue weighted by molar-refractivity contribution is 7.90. The zero-order valence-electron chi connectivity index (χ0n) is 27.7. The number of fused-ring (bicyclic) bond motifs is 1. The van der Waals surface area contributed by atoms with Crippen molar-refractivity contribution in [2.75, 3.05) is 19.3 Å². The third kappa shape index (κ3) is 6.91. The number of nitrogens with zero attached hydrogens (tertiary/aromatic N) is 4. The average Bonchev–Trinajstić information content (AvgIpc) is 3.60. The predicted octanol–water partition coefficient (Wildman–Crippen LogP) is 6.38. The van der Waals surface area contributed by atoms with Gasteiger partial charge in [0.15, 0.2) is 15.5 Å². The maximum Gasteiger partial charge on any atom is 0.410 e. The number of benzene rings is 3. The van der Waals surface area contributed by atoms with E-state index in [1.54, 1.807) is 27.8 Å². The predicted molar refractivity (Wildman–Crippen MR) is 187 cm³/mol. The fourth-order valence-electron chi connectivity index (χ4n) is 5.96. The number of nitrogens with two attached hydrogens (primary N) is 1. The minimum absolute atomic E-state index is 0.206.